The van der Waals surface area contributed by atoms with Crippen LogP contribution in [0.2, 0.25) is 0 Å². The molecule has 0 aliphatic heterocycles. The van der Waals surface area contributed by atoms with E-state index in [2.05, 4.69) is 21.2 Å². The minimum atomic E-state index is -0.251. The number of halogens is 1. The van der Waals surface area contributed by atoms with Crippen LogP contribution in [0.3, 0.4) is 0 Å². The number of thiocarbonyl (C=S) groups is 1. The number of benzene rings is 1. The zero-order valence-electron chi connectivity index (χ0n) is 9.91. The number of carbonyl (C=O) groups excluding carboxylic acids is 1. The van der Waals surface area contributed by atoms with Crippen LogP contribution in [0.15, 0.2) is 22.7 Å². The summed E-state index contributed by atoms with van der Waals surface area (Å²) in [5.74, 6) is -0.251. The van der Waals surface area contributed by atoms with Gasteiger partial charge in [-0.25, -0.2) is 0 Å². The molecule has 0 saturated carbocycles. The van der Waals surface area contributed by atoms with Gasteiger partial charge in [-0.05, 0) is 47.0 Å². The highest BCUT2D eigenvalue weighted by Crippen LogP contribution is 2.21. The highest BCUT2D eigenvalue weighted by molar-refractivity contribution is 9.10. The normalized spacial score (nSPS) is 10.1. The first-order valence-electron chi connectivity index (χ1n) is 5.62. The second-order valence-electron chi connectivity index (χ2n) is 3.91. The van der Waals surface area contributed by atoms with Crippen molar-refractivity contribution in [3.05, 3.63) is 28.2 Å². The molecule has 6 heteroatoms. The lowest BCUT2D eigenvalue weighted by atomic mass is 10.2. The third-order valence-corrected chi connectivity index (χ3v) is 3.29. The van der Waals surface area contributed by atoms with Crippen LogP contribution < -0.4 is 16.8 Å². The highest BCUT2D eigenvalue weighted by Gasteiger charge is 2.03. The average molecular weight is 330 g/mol. The van der Waals surface area contributed by atoms with Crippen molar-refractivity contribution in [1.29, 1.82) is 0 Å². The number of nitrogens with two attached hydrogens (primary N) is 2. The number of anilines is 1. The van der Waals surface area contributed by atoms with Gasteiger partial charge in [0, 0.05) is 28.7 Å². The maximum absolute atomic E-state index is 10.5. The second kappa shape index (κ2) is 7.33. The van der Waals surface area contributed by atoms with Crippen molar-refractivity contribution in [3.63, 3.8) is 0 Å². The van der Waals surface area contributed by atoms with Crippen LogP contribution >= 0.6 is 28.1 Å². The number of rotatable bonds is 7. The molecule has 0 bridgehead atoms. The number of hydrogen-bond donors (Lipinski definition) is 3. The molecular formula is C12H16BrN3OS. The van der Waals surface area contributed by atoms with Gasteiger partial charge in [0.05, 0.1) is 0 Å². The van der Waals surface area contributed by atoms with Crippen LogP contribution in [-0.2, 0) is 4.79 Å². The quantitative estimate of drug-likeness (QED) is 0.529. The summed E-state index contributed by atoms with van der Waals surface area (Å²) in [6.45, 7) is 0.798. The van der Waals surface area contributed by atoms with Crippen molar-refractivity contribution >= 4 is 44.7 Å². The Hall–Kier alpha value is -1.14. The van der Waals surface area contributed by atoms with Crippen molar-refractivity contribution in [3.8, 4) is 0 Å². The van der Waals surface area contributed by atoms with E-state index in [4.69, 9.17) is 23.7 Å². The van der Waals surface area contributed by atoms with Crippen molar-refractivity contribution in [2.45, 2.75) is 19.3 Å². The zero-order valence-corrected chi connectivity index (χ0v) is 12.3. The second-order valence-corrected chi connectivity index (χ2v) is 5.20. The summed E-state index contributed by atoms with van der Waals surface area (Å²) in [6.07, 6.45) is 2.14. The summed E-state index contributed by atoms with van der Waals surface area (Å²) in [5.41, 5.74) is 12.4. The topological polar surface area (TPSA) is 81.1 Å². The fourth-order valence-corrected chi connectivity index (χ4v) is 2.38. The minimum absolute atomic E-state index is 0.251. The lowest BCUT2D eigenvalue weighted by molar-refractivity contribution is -0.118. The molecule has 0 aliphatic rings. The predicted octanol–water partition coefficient (Wildman–Crippen LogP) is 2.15. The molecule has 0 aromatic heterocycles. The Balaban J connectivity index is 2.42. The highest BCUT2D eigenvalue weighted by atomic mass is 79.9. The van der Waals surface area contributed by atoms with E-state index in [0.29, 0.717) is 11.4 Å². The van der Waals surface area contributed by atoms with Gasteiger partial charge in [0.1, 0.15) is 4.99 Å². The van der Waals surface area contributed by atoms with E-state index in [1.807, 2.05) is 18.2 Å². The van der Waals surface area contributed by atoms with Gasteiger partial charge in [0.2, 0.25) is 5.91 Å². The van der Waals surface area contributed by atoms with Gasteiger partial charge in [-0.1, -0.05) is 12.2 Å². The van der Waals surface area contributed by atoms with E-state index in [9.17, 15) is 4.79 Å². The molecule has 1 aromatic carbocycles. The lowest BCUT2D eigenvalue weighted by Gasteiger charge is -2.08. The van der Waals surface area contributed by atoms with Gasteiger partial charge in [0.25, 0.3) is 0 Å². The molecular weight excluding hydrogens is 314 g/mol. The molecule has 98 valence electrons. The molecule has 1 rings (SSSR count). The van der Waals surface area contributed by atoms with Crippen LogP contribution in [-0.4, -0.2) is 17.4 Å². The molecule has 18 heavy (non-hydrogen) atoms. The molecule has 0 unspecified atom stereocenters. The number of amides is 1. The van der Waals surface area contributed by atoms with E-state index in [0.717, 1.165) is 35.1 Å². The number of primary amides is 1. The first-order valence-corrected chi connectivity index (χ1v) is 6.82. The first-order chi connectivity index (χ1) is 8.50. The Bertz CT molecular complexity index is 451. The largest absolute Gasteiger partial charge is 0.389 e. The van der Waals surface area contributed by atoms with Crippen molar-refractivity contribution in [2.75, 3.05) is 11.9 Å². The zero-order chi connectivity index (χ0) is 13.5. The van der Waals surface area contributed by atoms with Crippen LogP contribution in [0.1, 0.15) is 24.8 Å². The van der Waals surface area contributed by atoms with Crippen LogP contribution in [0.25, 0.3) is 0 Å². The van der Waals surface area contributed by atoms with E-state index < -0.39 is 0 Å². The van der Waals surface area contributed by atoms with Crippen LogP contribution in [0, 0.1) is 0 Å². The van der Waals surface area contributed by atoms with E-state index >= 15 is 0 Å². The third kappa shape index (κ3) is 5.01. The van der Waals surface area contributed by atoms with Gasteiger partial charge in [0.15, 0.2) is 0 Å². The predicted molar refractivity (Wildman–Crippen MR) is 81.6 cm³/mol. The van der Waals surface area contributed by atoms with Gasteiger partial charge in [-0.15, -0.1) is 0 Å². The van der Waals surface area contributed by atoms with Crippen molar-refractivity contribution < 1.29 is 4.79 Å². The van der Waals surface area contributed by atoms with E-state index in [1.54, 1.807) is 0 Å². The Morgan fingerprint density at radius 1 is 1.33 bits per heavy atom. The summed E-state index contributed by atoms with van der Waals surface area (Å²) in [4.78, 5) is 10.9. The minimum Gasteiger partial charge on any atom is -0.389 e. The Morgan fingerprint density at radius 3 is 2.61 bits per heavy atom. The number of hydrogen-bond acceptors (Lipinski definition) is 3. The Morgan fingerprint density at radius 2 is 2.06 bits per heavy atom. The monoisotopic (exact) mass is 329 g/mol. The summed E-state index contributed by atoms with van der Waals surface area (Å²) < 4.78 is 0.872. The molecule has 1 amide bonds. The maximum Gasteiger partial charge on any atom is 0.217 e. The molecule has 0 saturated heterocycles. The SMILES string of the molecule is NC(=O)CCCCNc1ccc(C(N)=S)c(Br)c1. The van der Waals surface area contributed by atoms with Crippen LogP contribution in [0.5, 0.6) is 0 Å². The summed E-state index contributed by atoms with van der Waals surface area (Å²) in [7, 11) is 0. The summed E-state index contributed by atoms with van der Waals surface area (Å²) in [6, 6.07) is 5.73. The van der Waals surface area contributed by atoms with Gasteiger partial charge in [-0.2, -0.15) is 0 Å². The number of nitrogens with one attached hydrogen (secondary N) is 1. The Kier molecular flexibility index (Phi) is 6.07. The third-order valence-electron chi connectivity index (χ3n) is 2.41. The lowest BCUT2D eigenvalue weighted by Crippen LogP contribution is -2.11. The molecule has 0 heterocycles. The molecule has 0 fully saturated rings. The summed E-state index contributed by atoms with van der Waals surface area (Å²) in [5, 5.41) is 3.26. The van der Waals surface area contributed by atoms with Crippen molar-refractivity contribution in [1.82, 2.24) is 0 Å². The molecule has 0 radical (unpaired) electrons. The maximum atomic E-state index is 10.5. The van der Waals surface area contributed by atoms with Crippen molar-refractivity contribution in [2.24, 2.45) is 11.5 Å². The molecule has 0 atom stereocenters. The van der Waals surface area contributed by atoms with Gasteiger partial charge in [-0.3, -0.25) is 4.79 Å². The Labute approximate surface area is 120 Å². The molecule has 0 aliphatic carbocycles. The molecule has 0 spiro atoms. The molecule has 5 N–H and O–H groups in total. The van der Waals surface area contributed by atoms with Gasteiger partial charge < -0.3 is 16.8 Å². The first kappa shape index (κ1) is 14.9. The van der Waals surface area contributed by atoms with E-state index in [-0.39, 0.29) is 5.91 Å². The summed E-state index contributed by atoms with van der Waals surface area (Å²) >= 11 is 8.34. The average Bonchev–Trinajstić information content (AvgIpc) is 2.27. The fourth-order valence-electron chi connectivity index (χ4n) is 1.48. The number of carbonyl (C=O) groups is 1. The van der Waals surface area contributed by atoms with E-state index in [1.165, 1.54) is 0 Å². The smallest absolute Gasteiger partial charge is 0.217 e. The van der Waals surface area contributed by atoms with Crippen LogP contribution in [0.4, 0.5) is 5.69 Å². The fraction of sp³-hybridized carbons (Fsp3) is 0.333. The molecule has 4 nitrogen and oxygen atoms in total. The standard InChI is InChI=1S/C12H16BrN3OS/c13-10-7-8(4-5-9(10)12(15)18)16-6-2-1-3-11(14)17/h4-5,7,16H,1-3,6H2,(H2,14,17)(H2,15,18). The number of unbranched alkanes of at least 4 members (excludes halogenated alkanes) is 1. The molecule has 1 aromatic rings. The van der Waals surface area contributed by atoms with Gasteiger partial charge >= 0.3 is 0 Å².